The van der Waals surface area contributed by atoms with Crippen LogP contribution in [0.15, 0.2) is 182 Å². The van der Waals surface area contributed by atoms with Crippen LogP contribution in [0.1, 0.15) is 156 Å². The third-order valence-electron chi connectivity index (χ3n) is 16.0. The Balaban J connectivity index is 0.000000589. The molecule has 6 saturated heterocycles. The summed E-state index contributed by atoms with van der Waals surface area (Å²) in [5.74, 6) is 11.7. The number of nitrogens with zero attached hydrogens (tertiary/aromatic N) is 8. The SMILES string of the molecule is CCCCN(C)CCCC.CCN(C)CC.CCN(C)CC.CN(C)C.CN(C)C.CN(C)C.CN1CCSC1c1ccccc1.CN1CCSC1c1ccccc1.c1ccc(C2OCCCS2)cc1.c1ccc(C2SCCCS2)cc1.c1ccc(C2SCCCS2)cc1.c1ccc(C2SCCCS2)cc1. The molecule has 12 rings (SSSR count). The van der Waals surface area contributed by atoms with Gasteiger partial charge in [0.25, 0.3) is 0 Å². The lowest BCUT2D eigenvalue weighted by Gasteiger charge is -2.22. The molecular weight excluding hydrogens is 1470 g/mol. The van der Waals surface area contributed by atoms with Crippen LogP contribution < -0.4 is 0 Å². The van der Waals surface area contributed by atoms with E-state index in [0.29, 0.717) is 24.5 Å². The Morgan fingerprint density at radius 2 is 0.547 bits per heavy atom. The molecule has 106 heavy (non-hydrogen) atoms. The number of unbranched alkanes of at least 4 members (excludes halogenated alkanes) is 2. The van der Waals surface area contributed by atoms with Gasteiger partial charge in [0.1, 0.15) is 5.44 Å². The average molecular weight is 1620 g/mol. The van der Waals surface area contributed by atoms with E-state index in [9.17, 15) is 0 Å². The van der Waals surface area contributed by atoms with Crippen LogP contribution in [0.25, 0.3) is 0 Å². The van der Waals surface area contributed by atoms with Crippen molar-refractivity contribution in [1.29, 1.82) is 0 Å². The first-order chi connectivity index (χ1) is 51.2. The highest BCUT2D eigenvalue weighted by molar-refractivity contribution is 8.17. The first-order valence-electron chi connectivity index (χ1n) is 39.0. The summed E-state index contributed by atoms with van der Waals surface area (Å²) >= 11 is 18.4. The molecule has 600 valence electrons. The number of benzene rings is 6. The van der Waals surface area contributed by atoms with Crippen molar-refractivity contribution >= 4 is 106 Å². The minimum Gasteiger partial charge on any atom is -0.363 e. The summed E-state index contributed by atoms with van der Waals surface area (Å²) in [6, 6.07) is 64.3. The Labute approximate surface area is 691 Å². The fourth-order valence-corrected chi connectivity index (χ4v) is 22.0. The molecule has 6 aromatic carbocycles. The zero-order valence-corrected chi connectivity index (χ0v) is 77.2. The molecule has 0 spiro atoms. The van der Waals surface area contributed by atoms with Gasteiger partial charge in [0.2, 0.25) is 0 Å². The van der Waals surface area contributed by atoms with Crippen LogP contribution in [0, 0.1) is 0 Å². The van der Waals surface area contributed by atoms with Crippen LogP contribution in [-0.4, -0.2) is 249 Å². The van der Waals surface area contributed by atoms with E-state index in [1.54, 1.807) is 0 Å². The molecule has 0 amide bonds. The zero-order chi connectivity index (χ0) is 78.2. The maximum absolute atomic E-state index is 5.63. The number of ether oxygens (including phenoxy) is 1. The summed E-state index contributed by atoms with van der Waals surface area (Å²) in [4.78, 5) is 17.7. The molecule has 6 aliphatic rings. The fourth-order valence-electron chi connectivity index (χ4n) is 9.62. The lowest BCUT2D eigenvalue weighted by atomic mass is 10.2. The van der Waals surface area contributed by atoms with Crippen LogP contribution in [0.5, 0.6) is 0 Å². The van der Waals surface area contributed by atoms with Crippen molar-refractivity contribution in [3.63, 3.8) is 0 Å². The molecule has 6 aromatic rings. The van der Waals surface area contributed by atoms with E-state index >= 15 is 0 Å². The van der Waals surface area contributed by atoms with E-state index < -0.39 is 0 Å². The number of hydrogen-bond donors (Lipinski definition) is 0. The Bertz CT molecular complexity index is 2460. The van der Waals surface area contributed by atoms with Gasteiger partial charge in [-0.25, -0.2) is 0 Å². The Hall–Kier alpha value is -1.89. The summed E-state index contributed by atoms with van der Waals surface area (Å²) in [6.07, 6.45) is 10.6. The van der Waals surface area contributed by atoms with Crippen LogP contribution in [0.4, 0.5) is 0 Å². The van der Waals surface area contributed by atoms with E-state index in [2.05, 4.69) is 348 Å². The second-order valence-corrected chi connectivity index (χ2v) is 39.3. The van der Waals surface area contributed by atoms with Crippen LogP contribution in [0.2, 0.25) is 0 Å². The average Bonchev–Trinajstić information content (AvgIpc) is 1.68. The quantitative estimate of drug-likeness (QED) is 0.0922. The second-order valence-electron chi connectivity index (χ2n) is 27.6. The molecule has 6 fully saturated rings. The van der Waals surface area contributed by atoms with E-state index in [1.807, 2.05) is 119 Å². The van der Waals surface area contributed by atoms with Crippen molar-refractivity contribution in [1.82, 2.24) is 39.2 Å². The summed E-state index contributed by atoms with van der Waals surface area (Å²) < 4.78 is 7.71. The largest absolute Gasteiger partial charge is 0.363 e. The second kappa shape index (κ2) is 69.8. The van der Waals surface area contributed by atoms with Gasteiger partial charge in [-0.05, 0) is 250 Å². The normalized spacial score (nSPS) is 18.0. The van der Waals surface area contributed by atoms with E-state index in [4.69, 9.17) is 4.74 Å². The van der Waals surface area contributed by atoms with Gasteiger partial charge in [-0.15, -0.1) is 106 Å². The third kappa shape index (κ3) is 54.7. The minimum atomic E-state index is 0.278. The monoisotopic (exact) mass is 1620 g/mol. The van der Waals surface area contributed by atoms with Gasteiger partial charge in [-0.3, -0.25) is 9.80 Å². The lowest BCUT2D eigenvalue weighted by Crippen LogP contribution is -2.20. The highest BCUT2D eigenvalue weighted by Gasteiger charge is 2.24. The standard InChI is InChI=1S/2C10H13NS.C10H12OS.3C10H12S2.C9H21N.2C5H13N.3C3H9N/c2*1-11-7-8-12-10(11)9-5-3-2-4-6-9;4*1-2-5-9(6-3-1)10-11-7-4-8-12-10;1-4-6-8-10(3)9-7-5-2;2*1-4-6(3)5-2;3*1-4(2)3/h2*2-6,10H,7-8H2,1H3;4*1-3,5-6,10H,4,7-8H2;4-9H2,1-3H3;2*4-5H2,1-3H3;3*1-3H3. The summed E-state index contributed by atoms with van der Waals surface area (Å²) in [6.45, 7) is 23.6. The summed E-state index contributed by atoms with van der Waals surface area (Å²) in [5, 5.41) is 1.18. The van der Waals surface area contributed by atoms with Gasteiger partial charge in [-0.1, -0.05) is 236 Å². The molecule has 6 heterocycles. The molecule has 0 aromatic heterocycles. The molecule has 0 radical (unpaired) electrons. The summed E-state index contributed by atoms with van der Waals surface area (Å²) in [5.41, 5.74) is 8.87. The molecule has 3 unspecified atom stereocenters. The predicted molar refractivity (Wildman–Crippen MR) is 501 cm³/mol. The minimum absolute atomic E-state index is 0.278. The Morgan fingerprint density at radius 3 is 0.755 bits per heavy atom. The lowest BCUT2D eigenvalue weighted by molar-refractivity contribution is 0.106. The zero-order valence-electron chi connectivity index (χ0n) is 69.8. The maximum atomic E-state index is 5.63. The van der Waals surface area contributed by atoms with Gasteiger partial charge in [-0.2, -0.15) is 0 Å². The van der Waals surface area contributed by atoms with Gasteiger partial charge < -0.3 is 34.1 Å². The number of thioether (sulfide) groups is 9. The maximum Gasteiger partial charge on any atom is 0.128 e. The molecule has 18 heteroatoms. The van der Waals surface area contributed by atoms with E-state index in [-0.39, 0.29) is 5.44 Å². The highest BCUT2D eigenvalue weighted by atomic mass is 32.2. The van der Waals surface area contributed by atoms with Gasteiger partial charge in [0, 0.05) is 31.2 Å². The number of hydrogen-bond acceptors (Lipinski definition) is 18. The van der Waals surface area contributed by atoms with Crippen LogP contribution >= 0.6 is 106 Å². The van der Waals surface area contributed by atoms with Crippen molar-refractivity contribution in [2.75, 3.05) is 209 Å². The van der Waals surface area contributed by atoms with Crippen molar-refractivity contribution < 1.29 is 4.74 Å². The molecule has 9 nitrogen and oxygen atoms in total. The van der Waals surface area contributed by atoms with Gasteiger partial charge in [0.15, 0.2) is 0 Å². The third-order valence-corrected chi connectivity index (χ3v) is 29.0. The Kier molecular flexibility index (Phi) is 67.2. The van der Waals surface area contributed by atoms with Gasteiger partial charge >= 0.3 is 0 Å². The first-order valence-corrected chi connectivity index (χ1v) is 48.4. The highest BCUT2D eigenvalue weighted by Crippen LogP contribution is 2.46. The fraction of sp³-hybridized carbons (Fsp3) is 0.591. The van der Waals surface area contributed by atoms with Gasteiger partial charge in [0.05, 0.1) is 24.5 Å². The van der Waals surface area contributed by atoms with E-state index in [1.165, 1.54) is 163 Å². The van der Waals surface area contributed by atoms with Crippen molar-refractivity contribution in [3.8, 4) is 0 Å². The van der Waals surface area contributed by atoms with Crippen LogP contribution in [-0.2, 0) is 4.74 Å². The summed E-state index contributed by atoms with van der Waals surface area (Å²) in [7, 11) is 28.8. The van der Waals surface area contributed by atoms with E-state index in [0.717, 1.165) is 32.8 Å². The number of rotatable bonds is 16. The van der Waals surface area contributed by atoms with Crippen LogP contribution in [0.3, 0.4) is 0 Å². The smallest absolute Gasteiger partial charge is 0.128 e. The molecule has 0 aliphatic carbocycles. The molecule has 0 saturated carbocycles. The molecule has 3 atom stereocenters. The molecule has 0 N–H and O–H groups in total. The van der Waals surface area contributed by atoms with Crippen molar-refractivity contribution in [3.05, 3.63) is 215 Å². The topological polar surface area (TPSA) is 35.2 Å². The molecular formula is C88H148N8OS9. The van der Waals surface area contributed by atoms with Crippen molar-refractivity contribution in [2.24, 2.45) is 0 Å². The van der Waals surface area contributed by atoms with Crippen molar-refractivity contribution in [2.45, 2.75) is 123 Å². The first kappa shape index (κ1) is 102. The molecule has 0 bridgehead atoms. The molecule has 6 aliphatic heterocycles. The predicted octanol–water partition coefficient (Wildman–Crippen LogP) is 23.2. The Morgan fingerprint density at radius 1 is 0.302 bits per heavy atom.